The van der Waals surface area contributed by atoms with Crippen LogP contribution in [-0.4, -0.2) is 23.0 Å². The maximum Gasteiger partial charge on any atom is 0.252 e. The summed E-state index contributed by atoms with van der Waals surface area (Å²) in [4.78, 5) is 12.4. The van der Waals surface area contributed by atoms with Gasteiger partial charge in [0.15, 0.2) is 5.84 Å². The zero-order valence-electron chi connectivity index (χ0n) is 11.8. The highest BCUT2D eigenvalue weighted by atomic mass is 127. The van der Waals surface area contributed by atoms with Gasteiger partial charge in [-0.3, -0.25) is 4.79 Å². The zero-order chi connectivity index (χ0) is 15.2. The number of amidine groups is 1. The van der Waals surface area contributed by atoms with Crippen LogP contribution >= 0.6 is 22.6 Å². The predicted octanol–water partition coefficient (Wildman–Crippen LogP) is 2.72. The molecule has 0 aliphatic heterocycles. The number of hydrogen-bond donors (Lipinski definition) is 3. The van der Waals surface area contributed by atoms with Gasteiger partial charge in [-0.05, 0) is 53.5 Å². The Kier molecular flexibility index (Phi) is 5.84. The molecule has 6 heteroatoms. The highest BCUT2D eigenvalue weighted by Crippen LogP contribution is 2.27. The van der Waals surface area contributed by atoms with Gasteiger partial charge >= 0.3 is 0 Å². The van der Waals surface area contributed by atoms with Crippen LogP contribution in [0.15, 0.2) is 29.4 Å². The summed E-state index contributed by atoms with van der Waals surface area (Å²) >= 11 is 2.13. The molecule has 1 aromatic rings. The summed E-state index contributed by atoms with van der Waals surface area (Å²) in [5.74, 6) is 0.142. The highest BCUT2D eigenvalue weighted by Gasteiger charge is 2.29. The second kappa shape index (κ2) is 7.63. The Bertz CT molecular complexity index is 527. The second-order valence-electron chi connectivity index (χ2n) is 5.35. The van der Waals surface area contributed by atoms with E-state index in [0.717, 1.165) is 29.3 Å². The largest absolute Gasteiger partial charge is 0.409 e. The molecule has 0 radical (unpaired) electrons. The highest BCUT2D eigenvalue weighted by molar-refractivity contribution is 14.1. The molecule has 4 N–H and O–H groups in total. The maximum absolute atomic E-state index is 12.4. The van der Waals surface area contributed by atoms with Crippen molar-refractivity contribution in [3.63, 3.8) is 0 Å². The van der Waals surface area contributed by atoms with Crippen LogP contribution in [0.1, 0.15) is 42.5 Å². The lowest BCUT2D eigenvalue weighted by Crippen LogP contribution is -2.49. The first-order valence-corrected chi connectivity index (χ1v) is 8.24. The Labute approximate surface area is 138 Å². The smallest absolute Gasteiger partial charge is 0.252 e. The Balaban J connectivity index is 2.15. The summed E-state index contributed by atoms with van der Waals surface area (Å²) < 4.78 is 0.884. The second-order valence-corrected chi connectivity index (χ2v) is 6.52. The van der Waals surface area contributed by atoms with Gasteiger partial charge in [0.25, 0.3) is 5.91 Å². The quantitative estimate of drug-likeness (QED) is 0.238. The van der Waals surface area contributed by atoms with Crippen LogP contribution in [0, 0.1) is 9.49 Å². The molecule has 1 unspecified atom stereocenters. The molecule has 2 rings (SSSR count). The Morgan fingerprint density at radius 1 is 1.33 bits per heavy atom. The number of carbonyl (C=O) groups is 1. The third kappa shape index (κ3) is 4.09. The van der Waals surface area contributed by atoms with Gasteiger partial charge in [-0.1, -0.05) is 36.6 Å². The van der Waals surface area contributed by atoms with Crippen molar-refractivity contribution in [1.82, 2.24) is 5.32 Å². The molecule has 0 saturated heterocycles. The van der Waals surface area contributed by atoms with E-state index in [1.54, 1.807) is 6.07 Å². The SMILES string of the molecule is N/C(=N\O)C(NC(=O)c1ccccc1I)C1CCCCC1. The van der Waals surface area contributed by atoms with Crippen molar-refractivity contribution in [3.05, 3.63) is 33.4 Å². The van der Waals surface area contributed by atoms with E-state index < -0.39 is 6.04 Å². The minimum absolute atomic E-state index is 0.0844. The van der Waals surface area contributed by atoms with E-state index in [2.05, 4.69) is 33.1 Å². The Hall–Kier alpha value is -1.31. The first-order valence-electron chi connectivity index (χ1n) is 7.16. The number of oxime groups is 1. The number of carbonyl (C=O) groups excluding carboxylic acids is 1. The van der Waals surface area contributed by atoms with Crippen molar-refractivity contribution in [1.29, 1.82) is 0 Å². The van der Waals surface area contributed by atoms with Gasteiger partial charge in [0.2, 0.25) is 0 Å². The number of rotatable bonds is 4. The molecule has 1 aliphatic rings. The number of nitrogens with one attached hydrogen (secondary N) is 1. The Morgan fingerprint density at radius 3 is 2.62 bits per heavy atom. The lowest BCUT2D eigenvalue weighted by Gasteiger charge is -2.30. The monoisotopic (exact) mass is 401 g/mol. The van der Waals surface area contributed by atoms with Gasteiger partial charge in [-0.25, -0.2) is 0 Å². The van der Waals surface area contributed by atoms with Crippen molar-refractivity contribution >= 4 is 34.3 Å². The molecule has 1 aliphatic carbocycles. The lowest BCUT2D eigenvalue weighted by molar-refractivity contribution is 0.0929. The number of nitrogens with zero attached hydrogens (tertiary/aromatic N) is 1. The molecule has 1 fully saturated rings. The fourth-order valence-corrected chi connectivity index (χ4v) is 3.46. The molecule has 114 valence electrons. The molecular weight excluding hydrogens is 381 g/mol. The molecule has 1 aromatic carbocycles. The predicted molar refractivity (Wildman–Crippen MR) is 90.4 cm³/mol. The zero-order valence-corrected chi connectivity index (χ0v) is 13.9. The van der Waals surface area contributed by atoms with Crippen molar-refractivity contribution in [3.8, 4) is 0 Å². The van der Waals surface area contributed by atoms with Crippen LogP contribution in [0.3, 0.4) is 0 Å². The van der Waals surface area contributed by atoms with Crippen LogP contribution < -0.4 is 11.1 Å². The van der Waals surface area contributed by atoms with Crippen LogP contribution in [0.2, 0.25) is 0 Å². The van der Waals surface area contributed by atoms with Crippen molar-refractivity contribution in [2.45, 2.75) is 38.1 Å². The third-order valence-electron chi connectivity index (χ3n) is 3.96. The summed E-state index contributed by atoms with van der Waals surface area (Å²) in [7, 11) is 0. The third-order valence-corrected chi connectivity index (χ3v) is 4.90. The van der Waals surface area contributed by atoms with Gasteiger partial charge in [0.1, 0.15) is 0 Å². The fourth-order valence-electron chi connectivity index (χ4n) is 2.83. The Morgan fingerprint density at radius 2 is 2.00 bits per heavy atom. The van der Waals surface area contributed by atoms with E-state index in [0.29, 0.717) is 5.56 Å². The van der Waals surface area contributed by atoms with E-state index in [9.17, 15) is 4.79 Å². The van der Waals surface area contributed by atoms with Crippen molar-refractivity contribution < 1.29 is 10.0 Å². The molecule has 5 nitrogen and oxygen atoms in total. The first-order chi connectivity index (χ1) is 10.1. The summed E-state index contributed by atoms with van der Waals surface area (Å²) in [5.41, 5.74) is 6.41. The summed E-state index contributed by atoms with van der Waals surface area (Å²) in [6, 6.07) is 6.98. The van der Waals surface area contributed by atoms with E-state index in [-0.39, 0.29) is 17.7 Å². The fraction of sp³-hybridized carbons (Fsp3) is 0.467. The molecule has 1 atom stereocenters. The normalized spacial score (nSPS) is 18.2. The molecule has 0 heterocycles. The van der Waals surface area contributed by atoms with Crippen molar-refractivity contribution in [2.24, 2.45) is 16.8 Å². The van der Waals surface area contributed by atoms with Gasteiger partial charge in [-0.15, -0.1) is 0 Å². The molecule has 1 amide bonds. The van der Waals surface area contributed by atoms with Gasteiger partial charge in [0.05, 0.1) is 11.6 Å². The van der Waals surface area contributed by atoms with Gasteiger partial charge in [0, 0.05) is 3.57 Å². The molecular formula is C15H20IN3O2. The summed E-state index contributed by atoms with van der Waals surface area (Å²) in [6.45, 7) is 0. The van der Waals surface area contributed by atoms with E-state index in [1.165, 1.54) is 6.42 Å². The molecule has 0 aromatic heterocycles. The minimum atomic E-state index is -0.404. The van der Waals surface area contributed by atoms with Crippen LogP contribution in [0.4, 0.5) is 0 Å². The minimum Gasteiger partial charge on any atom is -0.409 e. The average Bonchev–Trinajstić information content (AvgIpc) is 2.53. The standard InChI is InChI=1S/C15H20IN3O2/c16-12-9-5-4-8-11(12)15(20)18-13(14(17)19-21)10-6-2-1-3-7-10/h4-5,8-10,13,21H,1-3,6-7H2,(H2,17,19)(H,18,20). The van der Waals surface area contributed by atoms with E-state index >= 15 is 0 Å². The van der Waals surface area contributed by atoms with Crippen LogP contribution in [0.25, 0.3) is 0 Å². The molecule has 0 bridgehead atoms. The van der Waals surface area contributed by atoms with Gasteiger partial charge < -0.3 is 16.3 Å². The first kappa shape index (κ1) is 16.1. The van der Waals surface area contributed by atoms with E-state index in [4.69, 9.17) is 10.9 Å². The van der Waals surface area contributed by atoms with Crippen LogP contribution in [0.5, 0.6) is 0 Å². The molecule has 1 saturated carbocycles. The van der Waals surface area contributed by atoms with Crippen molar-refractivity contribution in [2.75, 3.05) is 0 Å². The molecule has 21 heavy (non-hydrogen) atoms. The summed E-state index contributed by atoms with van der Waals surface area (Å²) in [6.07, 6.45) is 5.45. The van der Waals surface area contributed by atoms with Crippen LogP contribution in [-0.2, 0) is 0 Å². The van der Waals surface area contributed by atoms with Gasteiger partial charge in [-0.2, -0.15) is 0 Å². The average molecular weight is 401 g/mol. The number of halogens is 1. The summed E-state index contributed by atoms with van der Waals surface area (Å²) in [5, 5.41) is 15.0. The number of benzene rings is 1. The van der Waals surface area contributed by atoms with E-state index in [1.807, 2.05) is 18.2 Å². The topological polar surface area (TPSA) is 87.7 Å². The number of nitrogens with two attached hydrogens (primary N) is 1. The number of hydrogen-bond acceptors (Lipinski definition) is 3. The number of amides is 1. The maximum atomic E-state index is 12.4. The molecule has 0 spiro atoms. The lowest BCUT2D eigenvalue weighted by atomic mass is 9.83.